The second kappa shape index (κ2) is 22.1. The van der Waals surface area contributed by atoms with Gasteiger partial charge in [0.2, 0.25) is 22.8 Å². The number of rotatable bonds is 4. The normalized spacial score (nSPS) is 14.1. The minimum absolute atomic E-state index is 1.23. The minimum atomic E-state index is 1.23. The van der Waals surface area contributed by atoms with Crippen LogP contribution in [-0.4, -0.2) is 0 Å². The van der Waals surface area contributed by atoms with Crippen molar-refractivity contribution in [2.24, 2.45) is 28.2 Å². The molecule has 0 saturated heterocycles. The Hall–Kier alpha value is -6.52. The monoisotopic (exact) mass is 925 g/mol. The summed E-state index contributed by atoms with van der Waals surface area (Å²) in [5.41, 5.74) is 28.8. The van der Waals surface area contributed by atoms with Crippen LogP contribution in [0.2, 0.25) is 0 Å². The number of fused-ring (bicyclic) bond motifs is 4. The van der Waals surface area contributed by atoms with E-state index in [-0.39, 0.29) is 0 Å². The van der Waals surface area contributed by atoms with Crippen molar-refractivity contribution >= 4 is 0 Å². The Morgan fingerprint density at radius 1 is 0.300 bits per heavy atom. The van der Waals surface area contributed by atoms with Gasteiger partial charge in [-0.25, -0.2) is 18.3 Å². The number of pyridine rings is 4. The van der Waals surface area contributed by atoms with Crippen LogP contribution in [0.25, 0.3) is 45.0 Å². The third kappa shape index (κ3) is 10.6. The maximum atomic E-state index is 2.40. The number of benzene rings is 4. The SMILES string of the molecule is Cc1ccccc1-c1c2c(cc[n+]1C)CCC2.Cc1ccccc1-c1c2c(cc[n+]1C)CCCC2.Cc1ccccc1-c1cc2c(c[n+]1C)CCC2.Cc1ccccc1-c1cc2c(c[n+]1C)CCCC2. The summed E-state index contributed by atoms with van der Waals surface area (Å²) in [4.78, 5) is 0. The molecule has 0 bridgehead atoms. The lowest BCUT2D eigenvalue weighted by Gasteiger charge is -2.17. The summed E-state index contributed by atoms with van der Waals surface area (Å²) in [6.07, 6.45) is 27.0. The molecule has 0 atom stereocenters. The molecule has 356 valence electrons. The second-order valence-corrected chi connectivity index (χ2v) is 20.6. The van der Waals surface area contributed by atoms with Crippen LogP contribution in [0.1, 0.15) is 105 Å². The van der Waals surface area contributed by atoms with E-state index < -0.39 is 0 Å². The topological polar surface area (TPSA) is 15.5 Å². The average molecular weight is 925 g/mol. The van der Waals surface area contributed by atoms with Crippen molar-refractivity contribution in [1.82, 2.24) is 0 Å². The molecular weight excluding hydrogens is 849 g/mol. The molecule has 0 radical (unpaired) electrons. The molecule has 4 heteroatoms. The summed E-state index contributed by atoms with van der Waals surface area (Å²) in [5, 5.41) is 0. The molecule has 4 heterocycles. The first-order chi connectivity index (χ1) is 34.0. The van der Waals surface area contributed by atoms with E-state index in [1.165, 1.54) is 163 Å². The van der Waals surface area contributed by atoms with Crippen molar-refractivity contribution in [2.75, 3.05) is 0 Å². The zero-order valence-corrected chi connectivity index (χ0v) is 43.5. The first-order valence-corrected chi connectivity index (χ1v) is 26.3. The summed E-state index contributed by atoms with van der Waals surface area (Å²) in [5.74, 6) is 0. The molecule has 4 aliphatic rings. The molecule has 12 rings (SSSR count). The zero-order chi connectivity index (χ0) is 48.7. The molecule has 0 amide bonds. The van der Waals surface area contributed by atoms with Crippen molar-refractivity contribution in [3.63, 3.8) is 0 Å². The predicted octanol–water partition coefficient (Wildman–Crippen LogP) is 12.7. The van der Waals surface area contributed by atoms with Gasteiger partial charge in [0.1, 0.15) is 28.2 Å². The molecule has 0 aliphatic heterocycles. The first-order valence-electron chi connectivity index (χ1n) is 26.3. The number of hydrogen-bond acceptors (Lipinski definition) is 0. The molecule has 4 aliphatic carbocycles. The van der Waals surface area contributed by atoms with Gasteiger partial charge in [0.05, 0.1) is 0 Å². The summed E-state index contributed by atoms with van der Waals surface area (Å²) in [6, 6.07) is 44.0. The summed E-state index contributed by atoms with van der Waals surface area (Å²) in [7, 11) is 8.63. The molecule has 4 aromatic carbocycles. The van der Waals surface area contributed by atoms with E-state index in [1.807, 2.05) is 0 Å². The molecule has 0 spiro atoms. The van der Waals surface area contributed by atoms with E-state index in [1.54, 1.807) is 38.9 Å². The van der Waals surface area contributed by atoms with Crippen LogP contribution < -0.4 is 18.3 Å². The van der Waals surface area contributed by atoms with Gasteiger partial charge in [-0.15, -0.1) is 0 Å². The van der Waals surface area contributed by atoms with Gasteiger partial charge in [-0.05, 0) is 186 Å². The van der Waals surface area contributed by atoms with E-state index in [9.17, 15) is 0 Å². The third-order valence-electron chi connectivity index (χ3n) is 15.6. The van der Waals surface area contributed by atoms with Gasteiger partial charge in [-0.2, -0.15) is 0 Å². The molecule has 0 unspecified atom stereocenters. The van der Waals surface area contributed by atoms with Gasteiger partial charge in [0, 0.05) is 68.8 Å². The molecule has 70 heavy (non-hydrogen) atoms. The number of hydrogen-bond donors (Lipinski definition) is 0. The largest absolute Gasteiger partial charge is 0.216 e. The summed E-state index contributed by atoms with van der Waals surface area (Å²) >= 11 is 0. The fraction of sp³-hybridized carbons (Fsp3) is 0.333. The smallest absolute Gasteiger partial charge is 0.201 e. The lowest BCUT2D eigenvalue weighted by molar-refractivity contribution is -0.661. The van der Waals surface area contributed by atoms with Crippen molar-refractivity contribution in [2.45, 2.75) is 118 Å². The van der Waals surface area contributed by atoms with Gasteiger partial charge >= 0.3 is 0 Å². The summed E-state index contributed by atoms with van der Waals surface area (Å²) < 4.78 is 9.11. The Labute approximate surface area is 420 Å². The summed E-state index contributed by atoms with van der Waals surface area (Å²) in [6.45, 7) is 8.78. The van der Waals surface area contributed by atoms with Crippen molar-refractivity contribution in [3.05, 3.63) is 213 Å². The molecule has 0 N–H and O–H groups in total. The van der Waals surface area contributed by atoms with Gasteiger partial charge in [0.15, 0.2) is 24.8 Å². The van der Waals surface area contributed by atoms with Gasteiger partial charge in [0.25, 0.3) is 0 Å². The van der Waals surface area contributed by atoms with E-state index in [0.717, 1.165) is 0 Å². The number of aryl methyl sites for hydroxylation is 14. The highest BCUT2D eigenvalue weighted by atomic mass is 14.9. The number of nitrogens with zero attached hydrogens (tertiary/aromatic N) is 4. The predicted molar refractivity (Wildman–Crippen MR) is 288 cm³/mol. The molecule has 4 nitrogen and oxygen atoms in total. The van der Waals surface area contributed by atoms with Crippen LogP contribution >= 0.6 is 0 Å². The molecule has 0 saturated carbocycles. The van der Waals surface area contributed by atoms with Crippen molar-refractivity contribution in [1.29, 1.82) is 0 Å². The third-order valence-corrected chi connectivity index (χ3v) is 15.6. The highest BCUT2D eigenvalue weighted by Gasteiger charge is 2.26. The Kier molecular flexibility index (Phi) is 15.3. The van der Waals surface area contributed by atoms with Crippen LogP contribution in [0.5, 0.6) is 0 Å². The van der Waals surface area contributed by atoms with Crippen LogP contribution in [0.15, 0.2) is 146 Å². The maximum Gasteiger partial charge on any atom is 0.216 e. The van der Waals surface area contributed by atoms with Crippen LogP contribution in [0.3, 0.4) is 0 Å². The molecule has 4 aromatic heterocycles. The van der Waals surface area contributed by atoms with Crippen LogP contribution in [0, 0.1) is 27.7 Å². The lowest BCUT2D eigenvalue weighted by Crippen LogP contribution is -2.33. The Balaban J connectivity index is 0.000000116. The van der Waals surface area contributed by atoms with E-state index in [4.69, 9.17) is 0 Å². The van der Waals surface area contributed by atoms with E-state index in [2.05, 4.69) is 220 Å². The first kappa shape index (κ1) is 48.5. The van der Waals surface area contributed by atoms with Gasteiger partial charge < -0.3 is 0 Å². The molecule has 0 fully saturated rings. The lowest BCUT2D eigenvalue weighted by atomic mass is 9.88. The van der Waals surface area contributed by atoms with Crippen molar-refractivity contribution in [3.8, 4) is 45.0 Å². The second-order valence-electron chi connectivity index (χ2n) is 20.6. The Morgan fingerprint density at radius 2 is 0.614 bits per heavy atom. The fourth-order valence-corrected chi connectivity index (χ4v) is 11.7. The van der Waals surface area contributed by atoms with E-state index in [0.29, 0.717) is 0 Å². The molecular formula is C66H76N4+4. The van der Waals surface area contributed by atoms with Crippen molar-refractivity contribution < 1.29 is 18.3 Å². The van der Waals surface area contributed by atoms with Gasteiger partial charge in [-0.3, -0.25) is 0 Å². The maximum absolute atomic E-state index is 2.40. The van der Waals surface area contributed by atoms with Crippen LogP contribution in [0.4, 0.5) is 0 Å². The molecule has 8 aromatic rings. The minimum Gasteiger partial charge on any atom is -0.201 e. The standard InChI is InChI=1S/2C17H20N.2C16H18N/c1-13-7-3-6-10-16(13)17-11-14-8-4-5-9-15(14)12-18(17)2;1-13-7-3-5-9-15(13)17-16-10-6-4-8-14(16)11-12-18(17)2;1-12-6-3-4-9-15(12)16-10-13-7-5-8-14(13)11-17(16)2;1-12-6-3-4-8-14(12)16-15-9-5-7-13(15)10-11-17(16)2/h3,6-7,10-12H,4-5,8-9H2,1-2H3;3,5,7,9,11-12H,4,6,8,10H2,1-2H3;3-4,6,9-11H,5,7-8H2,1-2H3;3-4,6,8,10-11H,5,7,9H2,1-2H3/q4*+1. The highest BCUT2D eigenvalue weighted by molar-refractivity contribution is 5.67. The quantitative estimate of drug-likeness (QED) is 0.156. The Bertz CT molecular complexity index is 3150. The van der Waals surface area contributed by atoms with Crippen LogP contribution in [-0.2, 0) is 79.6 Å². The fourth-order valence-electron chi connectivity index (χ4n) is 11.7. The van der Waals surface area contributed by atoms with E-state index >= 15 is 0 Å². The van der Waals surface area contributed by atoms with Gasteiger partial charge in [-0.1, -0.05) is 72.8 Å². The number of aromatic nitrogens is 4. The Morgan fingerprint density at radius 3 is 1.06 bits per heavy atom. The highest BCUT2D eigenvalue weighted by Crippen LogP contribution is 2.33. The average Bonchev–Trinajstić information content (AvgIpc) is 4.05. The zero-order valence-electron chi connectivity index (χ0n) is 43.5.